The van der Waals surface area contributed by atoms with E-state index in [0.29, 0.717) is 0 Å². The molecule has 0 amide bonds. The van der Waals surface area contributed by atoms with Crippen LogP contribution in [0.15, 0.2) is 6.07 Å². The van der Waals surface area contributed by atoms with Gasteiger partial charge < -0.3 is 4.98 Å². The molecule has 1 aromatic rings. The first kappa shape index (κ1) is 11.7. The second-order valence-electron chi connectivity index (χ2n) is 5.11. The molecule has 0 bridgehead atoms. The third-order valence-electron chi connectivity index (χ3n) is 3.59. The van der Waals surface area contributed by atoms with E-state index in [1.54, 1.807) is 0 Å². The van der Waals surface area contributed by atoms with Crippen molar-refractivity contribution in [3.8, 4) is 0 Å². The number of hydrogen-bond acceptors (Lipinski definition) is 3. The zero-order valence-electron chi connectivity index (χ0n) is 9.95. The van der Waals surface area contributed by atoms with Crippen molar-refractivity contribution >= 4 is 24.0 Å². The molecule has 17 heavy (non-hydrogen) atoms. The van der Waals surface area contributed by atoms with E-state index in [-0.39, 0.29) is 0 Å². The van der Waals surface area contributed by atoms with Gasteiger partial charge in [0.05, 0.1) is 5.75 Å². The molecule has 2 nitrogen and oxygen atoms in total. The predicted molar refractivity (Wildman–Crippen MR) is 74.9 cm³/mol. The van der Waals surface area contributed by atoms with Crippen LogP contribution in [0.3, 0.4) is 0 Å². The highest BCUT2D eigenvalue weighted by atomic mass is 32.2. The second kappa shape index (κ2) is 5.11. The molecule has 0 aromatic carbocycles. The highest BCUT2D eigenvalue weighted by Crippen LogP contribution is 2.39. The highest BCUT2D eigenvalue weighted by molar-refractivity contribution is 7.99. The monoisotopic (exact) mass is 266 g/mol. The van der Waals surface area contributed by atoms with Gasteiger partial charge in [0.1, 0.15) is 10.5 Å². The number of thioether (sulfide) groups is 1. The summed E-state index contributed by atoms with van der Waals surface area (Å²) in [6.45, 7) is 0. The summed E-state index contributed by atoms with van der Waals surface area (Å²) in [5.41, 5.74) is 1.31. The molecule has 0 radical (unpaired) electrons. The Kier molecular flexibility index (Phi) is 3.52. The number of nitrogens with zero attached hydrogens (tertiary/aromatic N) is 1. The van der Waals surface area contributed by atoms with E-state index in [1.165, 1.54) is 44.2 Å². The summed E-state index contributed by atoms with van der Waals surface area (Å²) in [6, 6.07) is 2.04. The van der Waals surface area contributed by atoms with Crippen LogP contribution in [0.2, 0.25) is 0 Å². The number of aromatic nitrogens is 2. The molecular formula is C13H18N2S2. The first-order chi connectivity index (χ1) is 8.31. The van der Waals surface area contributed by atoms with E-state index < -0.39 is 0 Å². The van der Waals surface area contributed by atoms with Gasteiger partial charge in [-0.05, 0) is 37.7 Å². The summed E-state index contributed by atoms with van der Waals surface area (Å²) < 4.78 is 0.757. The largest absolute Gasteiger partial charge is 0.346 e. The van der Waals surface area contributed by atoms with Crippen molar-refractivity contribution < 1.29 is 0 Å². The van der Waals surface area contributed by atoms with Crippen molar-refractivity contribution in [2.75, 3.05) is 0 Å². The summed E-state index contributed by atoms with van der Waals surface area (Å²) in [5.74, 6) is 2.81. The Hall–Kier alpha value is -0.350. The molecule has 0 unspecified atom stereocenters. The van der Waals surface area contributed by atoms with E-state index in [4.69, 9.17) is 12.2 Å². The van der Waals surface area contributed by atoms with Gasteiger partial charge in [0.25, 0.3) is 0 Å². The Bertz CT molecular complexity index is 445. The van der Waals surface area contributed by atoms with E-state index in [9.17, 15) is 0 Å². The Morgan fingerprint density at radius 3 is 2.76 bits per heavy atom. The first-order valence-electron chi connectivity index (χ1n) is 6.53. The van der Waals surface area contributed by atoms with Crippen LogP contribution in [0.1, 0.15) is 56.0 Å². The molecule has 4 heteroatoms. The molecule has 1 heterocycles. The number of hydrogen-bond donors (Lipinski definition) is 1. The molecule has 0 atom stereocenters. The van der Waals surface area contributed by atoms with E-state index in [1.807, 2.05) is 17.8 Å². The molecule has 3 rings (SSSR count). The van der Waals surface area contributed by atoms with E-state index in [2.05, 4.69) is 9.97 Å². The van der Waals surface area contributed by atoms with Crippen LogP contribution in [0.5, 0.6) is 0 Å². The molecule has 1 aromatic heterocycles. The molecule has 2 saturated carbocycles. The molecule has 2 aliphatic rings. The topological polar surface area (TPSA) is 28.7 Å². The van der Waals surface area contributed by atoms with Crippen LogP contribution in [0, 0.1) is 4.64 Å². The zero-order chi connectivity index (χ0) is 11.7. The highest BCUT2D eigenvalue weighted by Gasteiger charge is 2.24. The Morgan fingerprint density at radius 2 is 2.06 bits per heavy atom. The van der Waals surface area contributed by atoms with Crippen molar-refractivity contribution in [2.45, 2.75) is 55.4 Å². The predicted octanol–water partition coefficient (Wildman–Crippen LogP) is 4.19. The van der Waals surface area contributed by atoms with Gasteiger partial charge in [0.2, 0.25) is 0 Å². The summed E-state index contributed by atoms with van der Waals surface area (Å²) >= 11 is 7.29. The third kappa shape index (κ3) is 3.10. The van der Waals surface area contributed by atoms with Crippen molar-refractivity contribution in [3.05, 3.63) is 22.2 Å². The van der Waals surface area contributed by atoms with Gasteiger partial charge in [-0.3, -0.25) is 0 Å². The molecule has 2 aliphatic carbocycles. The molecule has 0 saturated heterocycles. The number of nitrogens with one attached hydrogen (secondary N) is 1. The Balaban J connectivity index is 1.66. The van der Waals surface area contributed by atoms with E-state index in [0.717, 1.165) is 27.4 Å². The smallest absolute Gasteiger partial charge is 0.130 e. The van der Waals surface area contributed by atoms with Crippen LogP contribution in [0.4, 0.5) is 0 Å². The van der Waals surface area contributed by atoms with Crippen LogP contribution in [-0.2, 0) is 5.75 Å². The second-order valence-corrected chi connectivity index (χ2v) is 6.82. The fourth-order valence-corrected chi connectivity index (χ4v) is 3.90. The van der Waals surface area contributed by atoms with Crippen LogP contribution in [0.25, 0.3) is 0 Å². The van der Waals surface area contributed by atoms with Crippen molar-refractivity contribution in [2.24, 2.45) is 0 Å². The first-order valence-corrected chi connectivity index (χ1v) is 7.99. The SMILES string of the molecule is S=c1cc(C2CC2)[nH]c(CSC2CCCC2)n1. The maximum Gasteiger partial charge on any atom is 0.130 e. The standard InChI is InChI=1S/C13H18N2S2/c16-13-7-11(9-5-6-9)14-12(15-13)8-17-10-3-1-2-4-10/h7,9-10H,1-6,8H2,(H,14,15,16). The molecule has 2 fully saturated rings. The maximum atomic E-state index is 5.24. The lowest BCUT2D eigenvalue weighted by Crippen LogP contribution is -2.01. The summed E-state index contributed by atoms with van der Waals surface area (Å²) in [6.07, 6.45) is 8.20. The molecule has 1 N–H and O–H groups in total. The van der Waals surface area contributed by atoms with Gasteiger partial charge in [0.15, 0.2) is 0 Å². The fourth-order valence-electron chi connectivity index (χ4n) is 2.46. The number of aromatic amines is 1. The normalized spacial score (nSPS) is 20.9. The fraction of sp³-hybridized carbons (Fsp3) is 0.692. The zero-order valence-corrected chi connectivity index (χ0v) is 11.6. The maximum absolute atomic E-state index is 5.24. The van der Waals surface area contributed by atoms with Gasteiger partial charge in [-0.2, -0.15) is 11.8 Å². The summed E-state index contributed by atoms with van der Waals surface area (Å²) in [5, 5.41) is 0.850. The van der Waals surface area contributed by atoms with Gasteiger partial charge in [-0.1, -0.05) is 25.1 Å². The van der Waals surface area contributed by atoms with Gasteiger partial charge in [-0.25, -0.2) is 4.98 Å². The van der Waals surface area contributed by atoms with Crippen molar-refractivity contribution in [1.29, 1.82) is 0 Å². The average Bonchev–Trinajstić information content (AvgIpc) is 3.04. The van der Waals surface area contributed by atoms with Crippen LogP contribution < -0.4 is 0 Å². The van der Waals surface area contributed by atoms with Gasteiger partial charge in [-0.15, -0.1) is 0 Å². The minimum absolute atomic E-state index is 0.731. The van der Waals surface area contributed by atoms with Crippen LogP contribution in [-0.4, -0.2) is 15.2 Å². The van der Waals surface area contributed by atoms with Gasteiger partial charge >= 0.3 is 0 Å². The van der Waals surface area contributed by atoms with Gasteiger partial charge in [0, 0.05) is 10.9 Å². The summed E-state index contributed by atoms with van der Waals surface area (Å²) in [4.78, 5) is 7.92. The summed E-state index contributed by atoms with van der Waals surface area (Å²) in [7, 11) is 0. The quantitative estimate of drug-likeness (QED) is 0.828. The van der Waals surface area contributed by atoms with Crippen LogP contribution >= 0.6 is 24.0 Å². The molecule has 92 valence electrons. The molecule has 0 spiro atoms. The minimum atomic E-state index is 0.731. The van der Waals surface area contributed by atoms with E-state index >= 15 is 0 Å². The lowest BCUT2D eigenvalue weighted by Gasteiger charge is -2.09. The average molecular weight is 266 g/mol. The Morgan fingerprint density at radius 1 is 1.29 bits per heavy atom. The lowest BCUT2D eigenvalue weighted by molar-refractivity contribution is 0.886. The lowest BCUT2D eigenvalue weighted by atomic mass is 10.3. The number of H-pyrrole nitrogens is 1. The molecular weight excluding hydrogens is 248 g/mol. The molecule has 0 aliphatic heterocycles. The number of rotatable bonds is 4. The Labute approximate surface area is 112 Å². The van der Waals surface area contributed by atoms with Crippen molar-refractivity contribution in [3.63, 3.8) is 0 Å². The minimum Gasteiger partial charge on any atom is -0.346 e. The third-order valence-corrected chi connectivity index (χ3v) is 5.18. The van der Waals surface area contributed by atoms with Crippen molar-refractivity contribution in [1.82, 2.24) is 9.97 Å².